The fraction of sp³-hybridized carbons (Fsp3) is 0.133. The summed E-state index contributed by atoms with van der Waals surface area (Å²) in [4.78, 5) is 0. The first-order chi connectivity index (χ1) is 9.63. The summed E-state index contributed by atoms with van der Waals surface area (Å²) in [6, 6.07) is 11.0. The molecular weight excluding hydrogens is 259 g/mol. The number of nitrogens with zero attached hydrogens (tertiary/aromatic N) is 1. The second-order valence-electron chi connectivity index (χ2n) is 4.11. The van der Waals surface area contributed by atoms with Crippen LogP contribution in [0.4, 0.5) is 10.1 Å². The topological polar surface area (TPSA) is 68.3 Å². The number of halogens is 1. The second-order valence-corrected chi connectivity index (χ2v) is 4.11. The normalized spacial score (nSPS) is 9.85. The number of methoxy groups -OCH3 is 1. The number of anilines is 1. The summed E-state index contributed by atoms with van der Waals surface area (Å²) >= 11 is 0. The minimum Gasteiger partial charge on any atom is -0.496 e. The van der Waals surface area contributed by atoms with Gasteiger partial charge in [-0.1, -0.05) is 0 Å². The number of nitrogen functional groups attached to an aromatic ring is 1. The van der Waals surface area contributed by atoms with Crippen molar-refractivity contribution >= 4 is 5.69 Å². The summed E-state index contributed by atoms with van der Waals surface area (Å²) < 4.78 is 23.8. The Morgan fingerprint density at radius 1 is 1.20 bits per heavy atom. The molecule has 4 nitrogen and oxygen atoms in total. The lowest BCUT2D eigenvalue weighted by atomic mass is 10.1. The van der Waals surface area contributed by atoms with Crippen LogP contribution in [0.25, 0.3) is 0 Å². The fourth-order valence-corrected chi connectivity index (χ4v) is 1.75. The first-order valence-electron chi connectivity index (χ1n) is 5.89. The number of benzene rings is 2. The van der Waals surface area contributed by atoms with E-state index in [2.05, 4.69) is 0 Å². The summed E-state index contributed by atoms with van der Waals surface area (Å²) in [5.74, 6) is 0.431. The highest BCUT2D eigenvalue weighted by Crippen LogP contribution is 2.26. The maximum atomic E-state index is 13.1. The Morgan fingerprint density at radius 3 is 2.70 bits per heavy atom. The molecule has 2 aromatic carbocycles. The standard InChI is InChI=1S/C15H13FN2O2/c1-19-14-5-2-10(8-17)6-11(14)9-20-15-7-12(16)3-4-13(15)18/h2-7H,9,18H2,1H3. The molecule has 0 aromatic heterocycles. The summed E-state index contributed by atoms with van der Waals surface area (Å²) in [6.07, 6.45) is 0. The van der Waals surface area contributed by atoms with Crippen LogP contribution in [-0.4, -0.2) is 7.11 Å². The van der Waals surface area contributed by atoms with Crippen molar-refractivity contribution in [2.24, 2.45) is 0 Å². The molecule has 2 N–H and O–H groups in total. The number of ether oxygens (including phenoxy) is 2. The minimum atomic E-state index is -0.424. The van der Waals surface area contributed by atoms with Crippen LogP contribution in [0.15, 0.2) is 36.4 Å². The molecule has 0 aliphatic rings. The van der Waals surface area contributed by atoms with E-state index in [-0.39, 0.29) is 12.4 Å². The van der Waals surface area contributed by atoms with Crippen LogP contribution >= 0.6 is 0 Å². The molecule has 2 rings (SSSR count). The van der Waals surface area contributed by atoms with E-state index in [1.165, 1.54) is 25.3 Å². The molecule has 2 aromatic rings. The molecule has 0 saturated carbocycles. The first kappa shape index (κ1) is 13.7. The van der Waals surface area contributed by atoms with Gasteiger partial charge in [-0.05, 0) is 30.3 Å². The Labute approximate surface area is 116 Å². The van der Waals surface area contributed by atoms with Crippen LogP contribution in [0.2, 0.25) is 0 Å². The number of hydrogen-bond donors (Lipinski definition) is 1. The van der Waals surface area contributed by atoms with Crippen molar-refractivity contribution in [2.45, 2.75) is 6.61 Å². The van der Waals surface area contributed by atoms with E-state index in [1.807, 2.05) is 6.07 Å². The van der Waals surface area contributed by atoms with Gasteiger partial charge in [0.25, 0.3) is 0 Å². The third kappa shape index (κ3) is 2.98. The molecule has 5 heteroatoms. The molecule has 20 heavy (non-hydrogen) atoms. The van der Waals surface area contributed by atoms with Crippen LogP contribution in [0.1, 0.15) is 11.1 Å². The van der Waals surface area contributed by atoms with Crippen molar-refractivity contribution < 1.29 is 13.9 Å². The number of rotatable bonds is 4. The molecule has 0 fully saturated rings. The Kier molecular flexibility index (Phi) is 4.06. The van der Waals surface area contributed by atoms with E-state index in [0.29, 0.717) is 22.6 Å². The maximum Gasteiger partial charge on any atom is 0.145 e. The lowest BCUT2D eigenvalue weighted by molar-refractivity contribution is 0.297. The average molecular weight is 272 g/mol. The zero-order valence-corrected chi connectivity index (χ0v) is 10.9. The Bertz CT molecular complexity index is 665. The van der Waals surface area contributed by atoms with Gasteiger partial charge in [-0.15, -0.1) is 0 Å². The summed E-state index contributed by atoms with van der Waals surface area (Å²) in [5, 5.41) is 8.89. The number of nitriles is 1. The smallest absolute Gasteiger partial charge is 0.145 e. The van der Waals surface area contributed by atoms with Gasteiger partial charge in [-0.3, -0.25) is 0 Å². The quantitative estimate of drug-likeness (QED) is 0.869. The maximum absolute atomic E-state index is 13.1. The SMILES string of the molecule is COc1ccc(C#N)cc1COc1cc(F)ccc1N. The lowest BCUT2D eigenvalue weighted by Crippen LogP contribution is -2.01. The molecule has 0 atom stereocenters. The molecule has 0 aliphatic heterocycles. The molecule has 0 amide bonds. The summed E-state index contributed by atoms with van der Waals surface area (Å²) in [5.41, 5.74) is 7.24. The van der Waals surface area contributed by atoms with Crippen molar-refractivity contribution in [1.82, 2.24) is 0 Å². The highest BCUT2D eigenvalue weighted by atomic mass is 19.1. The number of nitrogens with two attached hydrogens (primary N) is 1. The Morgan fingerprint density at radius 2 is 2.00 bits per heavy atom. The van der Waals surface area contributed by atoms with Crippen molar-refractivity contribution in [2.75, 3.05) is 12.8 Å². The highest BCUT2D eigenvalue weighted by molar-refractivity contribution is 5.52. The van der Waals surface area contributed by atoms with Crippen molar-refractivity contribution in [1.29, 1.82) is 5.26 Å². The molecule has 0 bridgehead atoms. The van der Waals surface area contributed by atoms with Gasteiger partial charge in [0.2, 0.25) is 0 Å². The molecule has 0 radical (unpaired) electrons. The molecular formula is C15H13FN2O2. The predicted octanol–water partition coefficient (Wildman–Crippen LogP) is 2.87. The van der Waals surface area contributed by atoms with Crippen LogP contribution in [-0.2, 0) is 6.61 Å². The average Bonchev–Trinajstić information content (AvgIpc) is 2.47. The van der Waals surface area contributed by atoms with Crippen molar-refractivity contribution in [3.05, 3.63) is 53.3 Å². The van der Waals surface area contributed by atoms with Crippen LogP contribution < -0.4 is 15.2 Å². The summed E-state index contributed by atoms with van der Waals surface area (Å²) in [7, 11) is 1.53. The predicted molar refractivity (Wildman–Crippen MR) is 72.9 cm³/mol. The highest BCUT2D eigenvalue weighted by Gasteiger charge is 2.08. The zero-order valence-electron chi connectivity index (χ0n) is 10.9. The molecule has 0 heterocycles. The van der Waals surface area contributed by atoms with E-state index in [9.17, 15) is 4.39 Å². The third-order valence-corrected chi connectivity index (χ3v) is 2.77. The van der Waals surface area contributed by atoms with E-state index < -0.39 is 5.82 Å². The fourth-order valence-electron chi connectivity index (χ4n) is 1.75. The molecule has 0 aliphatic carbocycles. The molecule has 0 spiro atoms. The van der Waals surface area contributed by atoms with Gasteiger partial charge >= 0.3 is 0 Å². The Balaban J connectivity index is 2.22. The molecule has 0 saturated heterocycles. The van der Waals surface area contributed by atoms with Crippen molar-refractivity contribution in [3.63, 3.8) is 0 Å². The largest absolute Gasteiger partial charge is 0.496 e. The van der Waals surface area contributed by atoms with Crippen LogP contribution in [0.5, 0.6) is 11.5 Å². The third-order valence-electron chi connectivity index (χ3n) is 2.77. The van der Waals surface area contributed by atoms with Crippen LogP contribution in [0.3, 0.4) is 0 Å². The van der Waals surface area contributed by atoms with Gasteiger partial charge in [-0.25, -0.2) is 4.39 Å². The van der Waals surface area contributed by atoms with Gasteiger partial charge in [0.15, 0.2) is 0 Å². The van der Waals surface area contributed by atoms with Gasteiger partial charge in [0, 0.05) is 11.6 Å². The van der Waals surface area contributed by atoms with Crippen LogP contribution in [0, 0.1) is 17.1 Å². The summed E-state index contributed by atoms with van der Waals surface area (Å²) in [6.45, 7) is 0.131. The van der Waals surface area contributed by atoms with E-state index in [4.69, 9.17) is 20.5 Å². The van der Waals surface area contributed by atoms with Gasteiger partial charge < -0.3 is 15.2 Å². The molecule has 0 unspecified atom stereocenters. The second kappa shape index (κ2) is 5.93. The zero-order chi connectivity index (χ0) is 14.5. The van der Waals surface area contributed by atoms with E-state index >= 15 is 0 Å². The van der Waals surface area contributed by atoms with Gasteiger partial charge in [-0.2, -0.15) is 5.26 Å². The lowest BCUT2D eigenvalue weighted by Gasteiger charge is -2.12. The van der Waals surface area contributed by atoms with E-state index in [0.717, 1.165) is 0 Å². The van der Waals surface area contributed by atoms with Crippen molar-refractivity contribution in [3.8, 4) is 17.6 Å². The Hall–Kier alpha value is -2.74. The minimum absolute atomic E-state index is 0.131. The van der Waals surface area contributed by atoms with E-state index in [1.54, 1.807) is 18.2 Å². The van der Waals surface area contributed by atoms with Gasteiger partial charge in [0.05, 0.1) is 24.4 Å². The van der Waals surface area contributed by atoms with Gasteiger partial charge in [0.1, 0.15) is 23.9 Å². The first-order valence-corrected chi connectivity index (χ1v) is 5.89. The monoisotopic (exact) mass is 272 g/mol. The number of hydrogen-bond acceptors (Lipinski definition) is 4. The molecule has 102 valence electrons.